The number of amides is 1. The van der Waals surface area contributed by atoms with E-state index in [1.165, 1.54) is 43.3 Å². The van der Waals surface area contributed by atoms with Crippen molar-refractivity contribution in [3.8, 4) is 17.2 Å². The van der Waals surface area contributed by atoms with Gasteiger partial charge in [0.1, 0.15) is 0 Å². The largest absolute Gasteiger partial charge is 0.505 e. The highest BCUT2D eigenvalue weighted by atomic mass is 32.2. The maximum Gasteiger partial charge on any atom is 0.415 e. The van der Waals surface area contributed by atoms with Crippen LogP contribution < -0.4 is 19.5 Å². The SMILES string of the molecule is CN(C)C(=O)c1cccc(NC2=NS(=O)(=O)NC2=N[C@@H](c2ccc3c(c2)OCO3)C(F)(F)F)c1O. The molecule has 0 saturated heterocycles. The van der Waals surface area contributed by atoms with Gasteiger partial charge in [-0.15, -0.1) is 4.40 Å². The van der Waals surface area contributed by atoms with Crippen LogP contribution in [0.3, 0.4) is 0 Å². The van der Waals surface area contributed by atoms with Crippen molar-refractivity contribution in [2.24, 2.45) is 9.39 Å². The molecule has 3 N–H and O–H groups in total. The second-order valence-electron chi connectivity index (χ2n) is 7.58. The van der Waals surface area contributed by atoms with E-state index in [0.29, 0.717) is 0 Å². The first-order valence-electron chi connectivity index (χ1n) is 9.83. The number of ether oxygens (including phenoxy) is 2. The van der Waals surface area contributed by atoms with Crippen LogP contribution in [0.4, 0.5) is 18.9 Å². The Balaban J connectivity index is 1.72. The first kappa shape index (κ1) is 24.1. The lowest BCUT2D eigenvalue weighted by molar-refractivity contribution is -0.148. The Labute approximate surface area is 197 Å². The first-order chi connectivity index (χ1) is 16.4. The molecule has 0 aliphatic carbocycles. The highest BCUT2D eigenvalue weighted by Crippen LogP contribution is 2.41. The summed E-state index contributed by atoms with van der Waals surface area (Å²) in [5.74, 6) is -2.11. The van der Waals surface area contributed by atoms with Crippen molar-refractivity contribution in [1.82, 2.24) is 9.62 Å². The van der Waals surface area contributed by atoms with E-state index in [1.54, 1.807) is 0 Å². The van der Waals surface area contributed by atoms with Crippen LogP contribution in [0.1, 0.15) is 22.0 Å². The summed E-state index contributed by atoms with van der Waals surface area (Å²) in [5, 5.41) is 12.9. The van der Waals surface area contributed by atoms with Gasteiger partial charge in [0.15, 0.2) is 35.0 Å². The monoisotopic (exact) mass is 513 g/mol. The third-order valence-corrected chi connectivity index (χ3v) is 5.74. The van der Waals surface area contributed by atoms with Gasteiger partial charge in [-0.3, -0.25) is 4.79 Å². The summed E-state index contributed by atoms with van der Waals surface area (Å²) in [5.41, 5.74) is -0.628. The molecule has 2 aliphatic rings. The molecule has 0 unspecified atom stereocenters. The molecule has 0 saturated carbocycles. The molecule has 2 aromatic rings. The molecule has 1 amide bonds. The molecule has 4 rings (SSSR count). The number of carbonyl (C=O) groups is 1. The summed E-state index contributed by atoms with van der Waals surface area (Å²) in [6, 6.07) is 5.02. The van der Waals surface area contributed by atoms with E-state index in [1.807, 2.05) is 4.72 Å². The fourth-order valence-electron chi connectivity index (χ4n) is 3.26. The minimum absolute atomic E-state index is 0.0864. The standard InChI is InChI=1S/C20H18F3N5O6S/c1-28(2)19(30)11-4-3-5-12(15(11)29)24-17-18(27-35(31,32)26-17)25-16(20(21,22)23)10-6-7-13-14(8-10)34-9-33-13/h3-8,16,29H,9H2,1-2H3,(H,24,26)(H,25,27)/t16-/m0/s1. The number of alkyl halides is 3. The maximum absolute atomic E-state index is 13.9. The van der Waals surface area contributed by atoms with Crippen molar-refractivity contribution in [3.05, 3.63) is 47.5 Å². The van der Waals surface area contributed by atoms with Gasteiger partial charge in [0.25, 0.3) is 5.91 Å². The van der Waals surface area contributed by atoms with Gasteiger partial charge in [0.05, 0.1) is 11.3 Å². The van der Waals surface area contributed by atoms with Crippen LogP contribution in [0.5, 0.6) is 17.2 Å². The normalized spacial score (nSPS) is 18.1. The predicted molar refractivity (Wildman–Crippen MR) is 118 cm³/mol. The molecule has 35 heavy (non-hydrogen) atoms. The quantitative estimate of drug-likeness (QED) is 0.532. The molecule has 0 fully saturated rings. The number of fused-ring (bicyclic) bond motifs is 1. The van der Waals surface area contributed by atoms with Gasteiger partial charge >= 0.3 is 16.4 Å². The van der Waals surface area contributed by atoms with Crippen molar-refractivity contribution in [2.45, 2.75) is 12.2 Å². The van der Waals surface area contributed by atoms with Crippen LogP contribution in [0.15, 0.2) is 45.8 Å². The van der Waals surface area contributed by atoms with Crippen LogP contribution in [0, 0.1) is 0 Å². The molecule has 2 heterocycles. The van der Waals surface area contributed by atoms with Crippen LogP contribution in [0.2, 0.25) is 0 Å². The van der Waals surface area contributed by atoms with Crippen molar-refractivity contribution in [2.75, 3.05) is 26.2 Å². The lowest BCUT2D eigenvalue weighted by Crippen LogP contribution is -2.33. The van der Waals surface area contributed by atoms with E-state index in [-0.39, 0.29) is 35.1 Å². The predicted octanol–water partition coefficient (Wildman–Crippen LogP) is 2.18. The van der Waals surface area contributed by atoms with Crippen LogP contribution in [-0.4, -0.2) is 63.1 Å². The summed E-state index contributed by atoms with van der Waals surface area (Å²) in [6.45, 7) is -0.149. The van der Waals surface area contributed by atoms with E-state index in [9.17, 15) is 31.5 Å². The number of carbonyl (C=O) groups excluding carboxylic acids is 1. The third-order valence-electron chi connectivity index (χ3n) is 4.87. The van der Waals surface area contributed by atoms with E-state index >= 15 is 0 Å². The van der Waals surface area contributed by atoms with Crippen molar-refractivity contribution < 1.29 is 41.0 Å². The molecule has 15 heteroatoms. The van der Waals surface area contributed by atoms with Gasteiger partial charge in [-0.2, -0.15) is 21.6 Å². The zero-order chi connectivity index (χ0) is 25.5. The molecule has 2 aliphatic heterocycles. The fraction of sp³-hybridized carbons (Fsp3) is 0.250. The molecule has 0 radical (unpaired) electrons. The van der Waals surface area contributed by atoms with Gasteiger partial charge in [-0.25, -0.2) is 9.71 Å². The Bertz CT molecular complexity index is 1360. The number of benzene rings is 2. The lowest BCUT2D eigenvalue weighted by Gasteiger charge is -2.18. The average Bonchev–Trinajstić information content (AvgIpc) is 3.34. The number of aliphatic imine (C=N–C) groups is 1. The van der Waals surface area contributed by atoms with E-state index in [2.05, 4.69) is 14.7 Å². The number of hydrogen-bond donors (Lipinski definition) is 3. The van der Waals surface area contributed by atoms with Gasteiger partial charge in [0, 0.05) is 14.1 Å². The average molecular weight is 513 g/mol. The maximum atomic E-state index is 13.9. The summed E-state index contributed by atoms with van der Waals surface area (Å²) in [4.78, 5) is 17.0. The number of nitrogens with one attached hydrogen (secondary N) is 2. The summed E-state index contributed by atoms with van der Waals surface area (Å²) >= 11 is 0. The smallest absolute Gasteiger partial charge is 0.415 e. The van der Waals surface area contributed by atoms with E-state index in [4.69, 9.17) is 9.47 Å². The van der Waals surface area contributed by atoms with Crippen LogP contribution in [-0.2, 0) is 10.2 Å². The number of halogens is 3. The van der Waals surface area contributed by atoms with Crippen LogP contribution >= 0.6 is 0 Å². The number of phenols is 1. The number of nitrogens with zero attached hydrogens (tertiary/aromatic N) is 3. The zero-order valence-corrected chi connectivity index (χ0v) is 18.9. The molecule has 186 valence electrons. The Morgan fingerprint density at radius 1 is 1.23 bits per heavy atom. The van der Waals surface area contributed by atoms with Crippen molar-refractivity contribution >= 4 is 33.5 Å². The topological polar surface area (TPSA) is 142 Å². The number of amidine groups is 2. The Morgan fingerprint density at radius 2 is 1.94 bits per heavy atom. The number of anilines is 1. The number of phenolic OH excluding ortho intramolecular Hbond substituents is 1. The van der Waals surface area contributed by atoms with Crippen LogP contribution in [0.25, 0.3) is 0 Å². The molecule has 0 spiro atoms. The highest BCUT2D eigenvalue weighted by Gasteiger charge is 2.43. The van der Waals surface area contributed by atoms with Gasteiger partial charge in [-0.1, -0.05) is 12.1 Å². The second-order valence-corrected chi connectivity index (χ2v) is 8.91. The summed E-state index contributed by atoms with van der Waals surface area (Å²) in [7, 11) is -1.51. The van der Waals surface area contributed by atoms with Crippen molar-refractivity contribution in [1.29, 1.82) is 0 Å². The summed E-state index contributed by atoms with van der Waals surface area (Å²) in [6.07, 6.45) is -4.92. The van der Waals surface area contributed by atoms with Gasteiger partial charge in [-0.05, 0) is 29.8 Å². The minimum atomic E-state index is -4.92. The minimum Gasteiger partial charge on any atom is -0.505 e. The highest BCUT2D eigenvalue weighted by molar-refractivity contribution is 7.89. The first-order valence-corrected chi connectivity index (χ1v) is 11.3. The third kappa shape index (κ3) is 4.94. The Kier molecular flexibility index (Phi) is 5.96. The molecular formula is C20H18F3N5O6S. The Hall–Kier alpha value is -4.01. The number of hydrogen-bond acceptors (Lipinski definition) is 8. The molecule has 2 aromatic carbocycles. The second kappa shape index (κ2) is 8.65. The van der Waals surface area contributed by atoms with Crippen molar-refractivity contribution in [3.63, 3.8) is 0 Å². The number of rotatable bonds is 4. The molecule has 1 atom stereocenters. The molecule has 0 bridgehead atoms. The lowest BCUT2D eigenvalue weighted by atomic mass is 10.1. The van der Waals surface area contributed by atoms with E-state index in [0.717, 1.165) is 12.1 Å². The van der Waals surface area contributed by atoms with Gasteiger partial charge < -0.3 is 24.8 Å². The summed E-state index contributed by atoms with van der Waals surface area (Å²) < 4.78 is 81.3. The molecule has 0 aromatic heterocycles. The number of para-hydroxylation sites is 1. The molecular weight excluding hydrogens is 495 g/mol. The molecule has 11 nitrogen and oxygen atoms in total. The number of aromatic hydroxyl groups is 1. The Morgan fingerprint density at radius 3 is 2.63 bits per heavy atom. The fourth-order valence-corrected chi connectivity index (χ4v) is 4.07. The van der Waals surface area contributed by atoms with E-state index < -0.39 is 45.8 Å². The zero-order valence-electron chi connectivity index (χ0n) is 18.1. The van der Waals surface area contributed by atoms with Gasteiger partial charge in [0.2, 0.25) is 6.79 Å².